The molecule has 34 valence electrons. The SMILES string of the molecule is SSC[CH]=[Ni]. The summed E-state index contributed by atoms with van der Waals surface area (Å²) in [4.78, 5) is 1.69. The third kappa shape index (κ3) is 5.06. The number of thiol groups is 1. The Morgan fingerprint density at radius 1 is 2.00 bits per heavy atom. The molecule has 0 heterocycles. The molecule has 0 radical (unpaired) electrons. The van der Waals surface area contributed by atoms with Crippen molar-refractivity contribution in [3.8, 4) is 0 Å². The first-order valence-electron chi connectivity index (χ1n) is 1.06. The van der Waals surface area contributed by atoms with E-state index >= 15 is 0 Å². The molecule has 0 aliphatic heterocycles. The molecule has 0 spiro atoms. The van der Waals surface area contributed by atoms with Gasteiger partial charge in [-0.05, 0) is 0 Å². The van der Waals surface area contributed by atoms with E-state index in [-0.39, 0.29) is 0 Å². The summed E-state index contributed by atoms with van der Waals surface area (Å²) in [6.45, 7) is 0. The van der Waals surface area contributed by atoms with Gasteiger partial charge in [-0.1, -0.05) is 0 Å². The molecule has 0 aromatic heterocycles. The van der Waals surface area contributed by atoms with Gasteiger partial charge in [0.2, 0.25) is 0 Å². The second-order valence-electron chi connectivity index (χ2n) is 0.425. The van der Waals surface area contributed by atoms with E-state index in [2.05, 4.69) is 26.7 Å². The molecular weight excluding hydrogens is 147 g/mol. The Labute approximate surface area is 48.4 Å². The van der Waals surface area contributed by atoms with E-state index in [1.807, 2.05) is 0 Å². The standard InChI is InChI=1S/C2H4S2.Ni/c1-2-4-3;/h1,3H,2H2;. The van der Waals surface area contributed by atoms with Gasteiger partial charge in [-0.25, -0.2) is 0 Å². The molecule has 0 nitrogen and oxygen atoms in total. The molecule has 0 saturated heterocycles. The molecule has 0 rings (SSSR count). The first-order chi connectivity index (χ1) is 2.41. The molecule has 0 aliphatic rings. The molecule has 0 amide bonds. The summed E-state index contributed by atoms with van der Waals surface area (Å²) >= 11 is 8.04. The molecule has 0 saturated carbocycles. The second kappa shape index (κ2) is 5.06. The van der Waals surface area contributed by atoms with Gasteiger partial charge in [-0.3, -0.25) is 0 Å². The molecule has 0 N–H and O–H groups in total. The fourth-order valence-corrected chi connectivity index (χ4v) is 0.875. The van der Waals surface area contributed by atoms with Gasteiger partial charge in [0.15, 0.2) is 0 Å². The molecular formula is C2H4NiS2. The average Bonchev–Trinajstić information content (AvgIpc) is 1.41. The third-order valence-electron chi connectivity index (χ3n) is 0.127. The minimum absolute atomic E-state index is 0.878. The average molecular weight is 151 g/mol. The van der Waals surface area contributed by atoms with Gasteiger partial charge in [0.1, 0.15) is 0 Å². The molecule has 0 aromatic carbocycles. The Morgan fingerprint density at radius 3 is 2.60 bits per heavy atom. The fraction of sp³-hybridized carbons (Fsp3) is 0.500. The van der Waals surface area contributed by atoms with Crippen LogP contribution >= 0.6 is 22.5 Å². The predicted molar refractivity (Wildman–Crippen MR) is 27.5 cm³/mol. The Hall–Kier alpha value is 1.06. The zero-order valence-corrected chi connectivity index (χ0v) is 5.15. The van der Waals surface area contributed by atoms with Crippen molar-refractivity contribution >= 4 is 27.4 Å². The molecule has 5 heavy (non-hydrogen) atoms. The van der Waals surface area contributed by atoms with E-state index < -0.39 is 0 Å². The Bertz CT molecular complexity index is 28.8. The van der Waals surface area contributed by atoms with Crippen molar-refractivity contribution in [3.05, 3.63) is 0 Å². The zero-order valence-electron chi connectivity index (χ0n) is 2.46. The van der Waals surface area contributed by atoms with Crippen LogP contribution in [0.3, 0.4) is 0 Å². The minimum atomic E-state index is 0.878. The van der Waals surface area contributed by atoms with E-state index in [1.165, 1.54) is 10.8 Å². The van der Waals surface area contributed by atoms with Crippen molar-refractivity contribution in [2.45, 2.75) is 0 Å². The van der Waals surface area contributed by atoms with Crippen molar-refractivity contribution in [1.82, 2.24) is 0 Å². The molecule has 0 fully saturated rings. The van der Waals surface area contributed by atoms with Crippen LogP contribution in [0.1, 0.15) is 0 Å². The first-order valence-corrected chi connectivity index (χ1v) is 3.67. The van der Waals surface area contributed by atoms with Crippen molar-refractivity contribution in [2.24, 2.45) is 0 Å². The number of hydrogen-bond acceptors (Lipinski definition) is 2. The van der Waals surface area contributed by atoms with Crippen LogP contribution in [-0.2, 0) is 15.0 Å². The molecule has 0 aromatic rings. The van der Waals surface area contributed by atoms with Gasteiger partial charge >= 0.3 is 48.2 Å². The third-order valence-corrected chi connectivity index (χ3v) is 1.32. The van der Waals surface area contributed by atoms with Crippen LogP contribution in [0.15, 0.2) is 0 Å². The predicted octanol–water partition coefficient (Wildman–Crippen LogP) is 0.913. The monoisotopic (exact) mass is 150 g/mol. The second-order valence-corrected chi connectivity index (χ2v) is 2.19. The summed E-state index contributed by atoms with van der Waals surface area (Å²) in [5, 5.41) is 0. The van der Waals surface area contributed by atoms with Gasteiger partial charge < -0.3 is 0 Å². The van der Waals surface area contributed by atoms with Crippen LogP contribution in [0, 0.1) is 0 Å². The van der Waals surface area contributed by atoms with E-state index in [9.17, 15) is 0 Å². The van der Waals surface area contributed by atoms with Crippen LogP contribution in [0.4, 0.5) is 0 Å². The maximum absolute atomic E-state index is 4.21. The van der Waals surface area contributed by atoms with E-state index in [1.54, 1.807) is 4.99 Å². The summed E-state index contributed by atoms with van der Waals surface area (Å²) in [7, 11) is 1.45. The van der Waals surface area contributed by atoms with Gasteiger partial charge in [-0.2, -0.15) is 0 Å². The van der Waals surface area contributed by atoms with Crippen molar-refractivity contribution < 1.29 is 15.0 Å². The topological polar surface area (TPSA) is 0 Å². The Kier molecular flexibility index (Phi) is 6.14. The Morgan fingerprint density at radius 2 is 2.60 bits per heavy atom. The number of rotatable bonds is 2. The van der Waals surface area contributed by atoms with Gasteiger partial charge in [0, 0.05) is 0 Å². The molecule has 0 atom stereocenters. The van der Waals surface area contributed by atoms with Gasteiger partial charge in [0.05, 0.1) is 0 Å². The van der Waals surface area contributed by atoms with Crippen molar-refractivity contribution in [3.63, 3.8) is 0 Å². The molecule has 0 aliphatic carbocycles. The van der Waals surface area contributed by atoms with Crippen LogP contribution in [0.5, 0.6) is 0 Å². The zero-order chi connectivity index (χ0) is 4.12. The summed E-state index contributed by atoms with van der Waals surface area (Å²) in [6, 6.07) is 0. The molecule has 0 bridgehead atoms. The van der Waals surface area contributed by atoms with Gasteiger partial charge in [0.25, 0.3) is 0 Å². The van der Waals surface area contributed by atoms with E-state index in [0.29, 0.717) is 0 Å². The van der Waals surface area contributed by atoms with Crippen molar-refractivity contribution in [1.29, 1.82) is 0 Å². The number of hydrogen-bond donors (Lipinski definition) is 1. The van der Waals surface area contributed by atoms with Crippen molar-refractivity contribution in [2.75, 3.05) is 5.75 Å². The molecule has 0 unspecified atom stereocenters. The summed E-state index contributed by atoms with van der Waals surface area (Å²) in [5.41, 5.74) is 0. The van der Waals surface area contributed by atoms with Crippen LogP contribution in [0.2, 0.25) is 0 Å². The van der Waals surface area contributed by atoms with E-state index in [0.717, 1.165) is 5.75 Å². The molecule has 3 heteroatoms. The normalized spacial score (nSPS) is 7.80. The first kappa shape index (κ1) is 6.06. The summed E-state index contributed by atoms with van der Waals surface area (Å²) < 4.78 is 0. The van der Waals surface area contributed by atoms with Crippen LogP contribution in [-0.4, -0.2) is 10.7 Å². The maximum atomic E-state index is 4.21. The quantitative estimate of drug-likeness (QED) is 0.347. The Balaban J connectivity index is 2.40. The summed E-state index contributed by atoms with van der Waals surface area (Å²) in [6.07, 6.45) is 0. The van der Waals surface area contributed by atoms with E-state index in [4.69, 9.17) is 0 Å². The summed E-state index contributed by atoms with van der Waals surface area (Å²) in [5.74, 6) is 0.878. The fourth-order valence-electron chi connectivity index (χ4n) is 0.0236. The van der Waals surface area contributed by atoms with Crippen LogP contribution < -0.4 is 0 Å². The van der Waals surface area contributed by atoms with Gasteiger partial charge in [-0.15, -0.1) is 0 Å². The van der Waals surface area contributed by atoms with Crippen LogP contribution in [0.25, 0.3) is 0 Å².